The first-order valence-corrected chi connectivity index (χ1v) is 23.9. The number of nitro groups is 1. The van der Waals surface area contributed by atoms with E-state index in [2.05, 4.69) is 82.5 Å². The van der Waals surface area contributed by atoms with Crippen molar-refractivity contribution in [3.8, 4) is 17.6 Å². The second-order valence-electron chi connectivity index (χ2n) is 15.4. The molecular weight excluding hydrogens is 854 g/mol. The van der Waals surface area contributed by atoms with Crippen LogP contribution in [0.5, 0.6) is 11.5 Å². The Kier molecular flexibility index (Phi) is 18.2. The molecule has 0 saturated carbocycles. The number of nitrogens with one attached hydrogen (secondary N) is 1. The number of aromatic amines is 1. The van der Waals surface area contributed by atoms with Crippen LogP contribution in [0.2, 0.25) is 0 Å². The molecule has 2 aromatic heterocycles. The lowest BCUT2D eigenvalue weighted by Crippen LogP contribution is -2.26. The van der Waals surface area contributed by atoms with Gasteiger partial charge in [-0.05, 0) is 114 Å². The molecule has 4 N–H and O–H groups in total. The largest absolute Gasteiger partial charge is 0.497 e. The van der Waals surface area contributed by atoms with E-state index in [0.717, 1.165) is 60.3 Å². The Morgan fingerprint density at radius 1 is 0.672 bits per heavy atom. The third-order valence-electron chi connectivity index (χ3n) is 11.2. The van der Waals surface area contributed by atoms with Gasteiger partial charge in [-0.3, -0.25) is 10.1 Å². The minimum atomic E-state index is -2.04. The average molecular weight is 910 g/mol. The lowest BCUT2D eigenvalue weighted by molar-refractivity contribution is -0.383. The number of nitrogens with zero attached hydrogens (tertiary/aromatic N) is 3. The van der Waals surface area contributed by atoms with E-state index in [0.29, 0.717) is 5.39 Å². The van der Waals surface area contributed by atoms with Crippen LogP contribution in [0.3, 0.4) is 0 Å². The van der Waals surface area contributed by atoms with Gasteiger partial charge in [-0.25, -0.2) is 0 Å². The summed E-state index contributed by atoms with van der Waals surface area (Å²) in [6, 6.07) is 64.4. The molecule has 67 heavy (non-hydrogen) atoms. The lowest BCUT2D eigenvalue weighted by Gasteiger charge is -2.27. The fourth-order valence-corrected chi connectivity index (χ4v) is 11.2. The first-order valence-electron chi connectivity index (χ1n) is 22.0. The van der Waals surface area contributed by atoms with E-state index in [-0.39, 0.29) is 17.2 Å². The summed E-state index contributed by atoms with van der Waals surface area (Å²) in [4.78, 5) is 13.0. The van der Waals surface area contributed by atoms with Crippen LogP contribution >= 0.6 is 6.89 Å². The molecule has 0 radical (unpaired) electrons. The van der Waals surface area contributed by atoms with Gasteiger partial charge in [0.05, 0.1) is 41.6 Å². The molecule has 340 valence electrons. The van der Waals surface area contributed by atoms with Crippen molar-refractivity contribution in [1.82, 2.24) is 9.55 Å². The number of benzene rings is 7. The van der Waals surface area contributed by atoms with Gasteiger partial charge < -0.3 is 29.9 Å². The zero-order chi connectivity index (χ0) is 47.3. The third-order valence-corrected chi connectivity index (χ3v) is 15.0. The smallest absolute Gasteiger partial charge is 0.278 e. The quantitative estimate of drug-likeness (QED) is 0.0451. The van der Waals surface area contributed by atoms with Gasteiger partial charge in [0.25, 0.3) is 5.69 Å². The number of hydrogen-bond donors (Lipinski definition) is 3. The molecule has 0 saturated heterocycles. The monoisotopic (exact) mass is 909 g/mol. The van der Waals surface area contributed by atoms with Crippen molar-refractivity contribution in [2.24, 2.45) is 0 Å². The van der Waals surface area contributed by atoms with Crippen molar-refractivity contribution in [2.75, 3.05) is 26.6 Å². The Morgan fingerprint density at radius 3 is 1.69 bits per heavy atom. The second kappa shape index (κ2) is 25.0. The Bertz CT molecular complexity index is 2900. The fraction of sp³-hybridized carbons (Fsp3) is 0.143. The minimum Gasteiger partial charge on any atom is -0.497 e. The number of anilines is 1. The van der Waals surface area contributed by atoms with Gasteiger partial charge in [-0.15, -0.1) is 0 Å². The number of fused-ring (bicyclic) bond motifs is 2. The number of non-ortho nitro benzene ring substituents is 1. The van der Waals surface area contributed by atoms with Crippen LogP contribution in [-0.4, -0.2) is 46.2 Å². The average Bonchev–Trinajstić information content (AvgIpc) is 4.05. The zero-order valence-electron chi connectivity index (χ0n) is 37.8. The summed E-state index contributed by atoms with van der Waals surface area (Å²) in [5, 5.41) is 34.0. The first-order chi connectivity index (χ1) is 32.8. The SMILES string of the molecule is COc1ccc(CCCO)cc1.COc1ccc(CCCn2ccc3c(N)cccc32)cc1.N#CC=P(c1ccccc1)(c1ccccc1)c1ccccc1.O=[N+]([O-])c1cccc2[nH]ccc12. The Hall–Kier alpha value is -7.83. The van der Waals surface area contributed by atoms with Crippen molar-refractivity contribution in [2.45, 2.75) is 32.2 Å². The standard InChI is InChI=1S/C20H16NP.C18H20N2O.C10H14O2.C8H6N2O2/c21-16-17-22(18-10-4-1-5-11-18,19-12-6-2-7-13-19)20-14-8-3-9-15-20;1-21-15-9-7-14(8-10-15)4-3-12-20-13-11-16-17(19)5-2-6-18(16)20;1-12-10-6-4-9(5-7-10)3-2-8-11;11-10(12)8-3-1-2-7-6(8)4-5-9-7/h1-15,17H;2,5-11,13H,3-4,12,19H2,1H3;4-7,11H,2-3,8H2,1H3;1-5,9H. The van der Waals surface area contributed by atoms with Crippen molar-refractivity contribution >= 4 is 61.8 Å². The molecule has 2 heterocycles. The van der Waals surface area contributed by atoms with E-state index in [9.17, 15) is 15.4 Å². The maximum absolute atomic E-state index is 10.5. The summed E-state index contributed by atoms with van der Waals surface area (Å²) >= 11 is 0. The molecule has 11 heteroatoms. The number of aliphatic hydroxyl groups is 1. The van der Waals surface area contributed by atoms with Crippen molar-refractivity contribution in [3.05, 3.63) is 222 Å². The molecule has 7 aromatic carbocycles. The summed E-state index contributed by atoms with van der Waals surface area (Å²) in [5.41, 5.74) is 11.6. The number of nitrogen functional groups attached to an aromatic ring is 1. The number of methoxy groups -OCH3 is 2. The van der Waals surface area contributed by atoms with Crippen LogP contribution in [0.15, 0.2) is 200 Å². The Balaban J connectivity index is 0.000000153. The number of aromatic nitrogens is 2. The number of nitrogens with two attached hydrogens (primary N) is 1. The van der Waals surface area contributed by atoms with E-state index in [1.807, 2.05) is 115 Å². The van der Waals surface area contributed by atoms with E-state index >= 15 is 0 Å². The maximum Gasteiger partial charge on any atom is 0.278 e. The van der Waals surface area contributed by atoms with Gasteiger partial charge in [-0.2, -0.15) is 5.26 Å². The highest BCUT2D eigenvalue weighted by atomic mass is 31.2. The van der Waals surface area contributed by atoms with Crippen molar-refractivity contribution in [1.29, 1.82) is 5.26 Å². The summed E-state index contributed by atoms with van der Waals surface area (Å²) < 4.78 is 12.5. The summed E-state index contributed by atoms with van der Waals surface area (Å²) in [6.07, 6.45) is 7.73. The molecule has 10 nitrogen and oxygen atoms in total. The van der Waals surface area contributed by atoms with E-state index in [4.69, 9.17) is 20.3 Å². The van der Waals surface area contributed by atoms with Crippen LogP contribution in [0.1, 0.15) is 24.0 Å². The number of H-pyrrole nitrogens is 1. The summed E-state index contributed by atoms with van der Waals surface area (Å²) in [7, 11) is 3.35. The topological polar surface area (TPSA) is 152 Å². The maximum atomic E-state index is 10.5. The number of hydrogen-bond acceptors (Lipinski definition) is 7. The van der Waals surface area contributed by atoms with Crippen LogP contribution in [0.25, 0.3) is 21.8 Å². The first kappa shape index (κ1) is 48.6. The number of aliphatic hydroxyl groups excluding tert-OH is 1. The predicted molar refractivity (Wildman–Crippen MR) is 278 cm³/mol. The van der Waals surface area contributed by atoms with Gasteiger partial charge in [0, 0.05) is 48.5 Å². The van der Waals surface area contributed by atoms with Crippen LogP contribution in [-0.2, 0) is 19.4 Å². The Labute approximate surface area is 392 Å². The molecule has 0 aliphatic rings. The molecule has 0 unspecified atom stereocenters. The Morgan fingerprint density at radius 2 is 1.19 bits per heavy atom. The van der Waals surface area contributed by atoms with Gasteiger partial charge in [0.1, 0.15) is 11.5 Å². The zero-order valence-corrected chi connectivity index (χ0v) is 38.7. The lowest BCUT2D eigenvalue weighted by atomic mass is 10.1. The minimum absolute atomic E-state index is 0.147. The van der Waals surface area contributed by atoms with Gasteiger partial charge in [0.2, 0.25) is 0 Å². The molecule has 0 atom stereocenters. The third kappa shape index (κ3) is 12.9. The predicted octanol–water partition coefficient (Wildman–Crippen LogP) is 10.9. The molecule has 0 aliphatic carbocycles. The molecule has 0 aliphatic heterocycles. The number of rotatable bonds is 13. The van der Waals surface area contributed by atoms with Crippen LogP contribution in [0.4, 0.5) is 11.4 Å². The van der Waals surface area contributed by atoms with Gasteiger partial charge >= 0.3 is 0 Å². The summed E-state index contributed by atoms with van der Waals surface area (Å²) in [6.45, 7) is -0.784. The summed E-state index contributed by atoms with van der Waals surface area (Å²) in [5.74, 6) is 3.63. The van der Waals surface area contributed by atoms with Crippen LogP contribution in [0, 0.1) is 21.4 Å². The molecule has 9 aromatic rings. The van der Waals surface area contributed by atoms with Crippen molar-refractivity contribution in [3.63, 3.8) is 0 Å². The number of nitriles is 1. The molecule has 0 spiro atoms. The van der Waals surface area contributed by atoms with E-state index in [1.54, 1.807) is 32.5 Å². The van der Waals surface area contributed by atoms with Crippen molar-refractivity contribution < 1.29 is 19.5 Å². The van der Waals surface area contributed by atoms with E-state index < -0.39 is 6.89 Å². The number of ether oxygens (including phenoxy) is 2. The number of nitro benzene ring substituents is 1. The molecule has 9 rings (SSSR count). The highest BCUT2D eigenvalue weighted by Gasteiger charge is 2.24. The molecule has 0 fully saturated rings. The molecular formula is C56H56N5O5P. The normalized spacial score (nSPS) is 10.5. The number of aryl methyl sites for hydroxylation is 3. The van der Waals surface area contributed by atoms with Gasteiger partial charge in [0.15, 0.2) is 0 Å². The van der Waals surface area contributed by atoms with Gasteiger partial charge in [-0.1, -0.05) is 127 Å². The molecule has 0 amide bonds. The highest BCUT2D eigenvalue weighted by Crippen LogP contribution is 2.43. The molecule has 0 bridgehead atoms. The van der Waals surface area contributed by atoms with Crippen LogP contribution < -0.4 is 31.1 Å². The van der Waals surface area contributed by atoms with E-state index in [1.165, 1.54) is 38.6 Å². The fourth-order valence-electron chi connectivity index (χ4n) is 7.74. The second-order valence-corrected chi connectivity index (χ2v) is 18.6. The highest BCUT2D eigenvalue weighted by molar-refractivity contribution is 7.94.